The van der Waals surface area contributed by atoms with Crippen molar-refractivity contribution in [2.24, 2.45) is 0 Å². The van der Waals surface area contributed by atoms with Gasteiger partial charge in [-0.05, 0) is 37.2 Å². The van der Waals surface area contributed by atoms with E-state index in [4.69, 9.17) is 9.15 Å². The zero-order chi connectivity index (χ0) is 15.2. The van der Waals surface area contributed by atoms with Gasteiger partial charge in [-0.3, -0.25) is 0 Å². The minimum atomic E-state index is 0.736. The maximum absolute atomic E-state index is 5.93. The van der Waals surface area contributed by atoms with Crippen molar-refractivity contribution >= 4 is 5.69 Å². The van der Waals surface area contributed by atoms with Crippen molar-refractivity contribution in [1.82, 2.24) is 5.32 Å². The third-order valence-electron chi connectivity index (χ3n) is 3.49. The van der Waals surface area contributed by atoms with Gasteiger partial charge in [-0.25, -0.2) is 0 Å². The zero-order valence-corrected chi connectivity index (χ0v) is 13.3. The Morgan fingerprint density at radius 1 is 1.29 bits per heavy atom. The van der Waals surface area contributed by atoms with E-state index in [0.717, 1.165) is 42.6 Å². The summed E-state index contributed by atoms with van der Waals surface area (Å²) in [6, 6.07) is 10.1. The summed E-state index contributed by atoms with van der Waals surface area (Å²) >= 11 is 0. The lowest BCUT2D eigenvalue weighted by atomic mass is 10.2. The van der Waals surface area contributed by atoms with Gasteiger partial charge < -0.3 is 19.4 Å². The van der Waals surface area contributed by atoms with Gasteiger partial charge in [0.25, 0.3) is 0 Å². The Kier molecular flexibility index (Phi) is 5.28. The number of aryl methyl sites for hydroxylation is 1. The van der Waals surface area contributed by atoms with Gasteiger partial charge in [0, 0.05) is 18.8 Å². The lowest BCUT2D eigenvalue weighted by molar-refractivity contribution is 0.414. The molecule has 0 amide bonds. The molecular formula is C17H24N2O2. The van der Waals surface area contributed by atoms with E-state index in [2.05, 4.69) is 43.2 Å². The summed E-state index contributed by atoms with van der Waals surface area (Å²) in [6.07, 6.45) is 0. The molecule has 1 N–H and O–H groups in total. The number of anilines is 1. The first-order valence-electron chi connectivity index (χ1n) is 7.28. The molecule has 114 valence electrons. The number of benzene rings is 1. The molecule has 0 bridgehead atoms. The minimum Gasteiger partial charge on any atom is -0.497 e. The fourth-order valence-electron chi connectivity index (χ4n) is 2.26. The largest absolute Gasteiger partial charge is 0.497 e. The summed E-state index contributed by atoms with van der Waals surface area (Å²) in [6.45, 7) is 6.64. The third kappa shape index (κ3) is 4.02. The first-order valence-corrected chi connectivity index (χ1v) is 7.28. The molecule has 2 rings (SSSR count). The molecule has 0 saturated heterocycles. The van der Waals surface area contributed by atoms with Crippen LogP contribution in [0.3, 0.4) is 0 Å². The van der Waals surface area contributed by atoms with E-state index in [1.54, 1.807) is 7.11 Å². The molecule has 1 heterocycles. The lowest BCUT2D eigenvalue weighted by Gasteiger charge is -2.18. The highest BCUT2D eigenvalue weighted by atomic mass is 16.5. The average Bonchev–Trinajstić information content (AvgIpc) is 2.84. The Morgan fingerprint density at radius 3 is 2.81 bits per heavy atom. The number of nitrogens with one attached hydrogen (secondary N) is 1. The third-order valence-corrected chi connectivity index (χ3v) is 3.49. The predicted octanol–water partition coefficient (Wildman–Crippen LogP) is 3.34. The van der Waals surface area contributed by atoms with Crippen LogP contribution in [0.5, 0.6) is 5.75 Å². The minimum absolute atomic E-state index is 0.736. The molecule has 21 heavy (non-hydrogen) atoms. The van der Waals surface area contributed by atoms with Crippen LogP contribution >= 0.6 is 0 Å². The summed E-state index contributed by atoms with van der Waals surface area (Å²) in [5, 5.41) is 3.29. The second-order valence-corrected chi connectivity index (χ2v) is 5.16. The molecule has 1 aromatic carbocycles. The van der Waals surface area contributed by atoms with E-state index in [1.165, 1.54) is 5.56 Å². The van der Waals surface area contributed by atoms with Crippen molar-refractivity contribution in [3.05, 3.63) is 47.4 Å². The van der Waals surface area contributed by atoms with E-state index in [1.807, 2.05) is 18.2 Å². The molecule has 0 aliphatic rings. The fourth-order valence-corrected chi connectivity index (χ4v) is 2.26. The standard InChI is InChI=1S/C17H24N2O2/c1-5-18-11-17-13(2)9-16(21-17)12-19(3)14-7-6-8-15(10-14)20-4/h6-10,18H,5,11-12H2,1-4H3. The quantitative estimate of drug-likeness (QED) is 0.848. The van der Waals surface area contributed by atoms with E-state index >= 15 is 0 Å². The topological polar surface area (TPSA) is 37.6 Å². The molecule has 2 aromatic rings. The van der Waals surface area contributed by atoms with Gasteiger partial charge >= 0.3 is 0 Å². The highest BCUT2D eigenvalue weighted by molar-refractivity contribution is 5.50. The maximum Gasteiger partial charge on any atom is 0.123 e. The number of methoxy groups -OCH3 is 1. The average molecular weight is 288 g/mol. The SMILES string of the molecule is CCNCc1oc(CN(C)c2cccc(OC)c2)cc1C. The molecule has 1 aromatic heterocycles. The normalized spacial score (nSPS) is 10.7. The van der Waals surface area contributed by atoms with Crippen molar-refractivity contribution in [1.29, 1.82) is 0 Å². The van der Waals surface area contributed by atoms with Gasteiger partial charge in [-0.15, -0.1) is 0 Å². The van der Waals surface area contributed by atoms with Crippen LogP contribution in [0.1, 0.15) is 24.0 Å². The summed E-state index contributed by atoms with van der Waals surface area (Å²) in [7, 11) is 3.73. The number of ether oxygens (including phenoxy) is 1. The van der Waals surface area contributed by atoms with Crippen LogP contribution in [0.4, 0.5) is 5.69 Å². The van der Waals surface area contributed by atoms with Gasteiger partial charge in [0.05, 0.1) is 20.2 Å². The monoisotopic (exact) mass is 288 g/mol. The second kappa shape index (κ2) is 7.18. The Balaban J connectivity index is 2.06. The molecule has 0 unspecified atom stereocenters. The van der Waals surface area contributed by atoms with E-state index < -0.39 is 0 Å². The first-order chi connectivity index (χ1) is 10.1. The van der Waals surface area contributed by atoms with Crippen molar-refractivity contribution in [3.63, 3.8) is 0 Å². The maximum atomic E-state index is 5.93. The second-order valence-electron chi connectivity index (χ2n) is 5.16. The number of rotatable bonds is 7. The molecule has 0 radical (unpaired) electrons. The van der Waals surface area contributed by atoms with Gasteiger partial charge in [0.1, 0.15) is 17.3 Å². The number of nitrogens with zero attached hydrogens (tertiary/aromatic N) is 1. The van der Waals surface area contributed by atoms with Gasteiger partial charge in [0.15, 0.2) is 0 Å². The Labute approximate surface area is 126 Å². The van der Waals surface area contributed by atoms with Crippen LogP contribution in [0, 0.1) is 6.92 Å². The summed E-state index contributed by atoms with van der Waals surface area (Å²) < 4.78 is 11.2. The first kappa shape index (κ1) is 15.4. The Bertz CT molecular complexity index is 578. The fraction of sp³-hybridized carbons (Fsp3) is 0.412. The number of hydrogen-bond acceptors (Lipinski definition) is 4. The van der Waals surface area contributed by atoms with E-state index in [0.29, 0.717) is 0 Å². The predicted molar refractivity (Wildman–Crippen MR) is 85.9 cm³/mol. The molecule has 0 aliphatic heterocycles. The highest BCUT2D eigenvalue weighted by Gasteiger charge is 2.10. The summed E-state index contributed by atoms with van der Waals surface area (Å²) in [4.78, 5) is 2.15. The van der Waals surface area contributed by atoms with Crippen LogP contribution in [0.15, 0.2) is 34.7 Å². The van der Waals surface area contributed by atoms with Gasteiger partial charge in [-0.1, -0.05) is 13.0 Å². The molecule has 4 nitrogen and oxygen atoms in total. The van der Waals surface area contributed by atoms with Crippen molar-refractivity contribution in [3.8, 4) is 5.75 Å². The van der Waals surface area contributed by atoms with E-state index in [9.17, 15) is 0 Å². The van der Waals surface area contributed by atoms with Crippen LogP contribution in [0.2, 0.25) is 0 Å². The molecule has 0 saturated carbocycles. The van der Waals surface area contributed by atoms with Crippen molar-refractivity contribution in [2.75, 3.05) is 25.6 Å². The number of hydrogen-bond donors (Lipinski definition) is 1. The molecule has 0 aliphatic carbocycles. The van der Waals surface area contributed by atoms with Gasteiger partial charge in [-0.2, -0.15) is 0 Å². The van der Waals surface area contributed by atoms with Crippen LogP contribution < -0.4 is 15.0 Å². The lowest BCUT2D eigenvalue weighted by Crippen LogP contribution is -2.16. The van der Waals surface area contributed by atoms with Crippen molar-refractivity contribution < 1.29 is 9.15 Å². The highest BCUT2D eigenvalue weighted by Crippen LogP contribution is 2.23. The smallest absolute Gasteiger partial charge is 0.123 e. The Morgan fingerprint density at radius 2 is 2.10 bits per heavy atom. The summed E-state index contributed by atoms with van der Waals surface area (Å²) in [5.41, 5.74) is 2.31. The van der Waals surface area contributed by atoms with Crippen LogP contribution in [-0.4, -0.2) is 20.7 Å². The molecule has 0 atom stereocenters. The molecule has 0 spiro atoms. The number of furan rings is 1. The zero-order valence-electron chi connectivity index (χ0n) is 13.3. The van der Waals surface area contributed by atoms with E-state index in [-0.39, 0.29) is 0 Å². The van der Waals surface area contributed by atoms with Crippen molar-refractivity contribution in [2.45, 2.75) is 26.9 Å². The molecule has 0 fully saturated rings. The van der Waals surface area contributed by atoms with Crippen LogP contribution in [-0.2, 0) is 13.1 Å². The molecule has 4 heteroatoms. The Hall–Kier alpha value is -1.94. The summed E-state index contributed by atoms with van der Waals surface area (Å²) in [5.74, 6) is 2.86. The molecular weight excluding hydrogens is 264 g/mol. The van der Waals surface area contributed by atoms with Crippen LogP contribution in [0.25, 0.3) is 0 Å². The van der Waals surface area contributed by atoms with Gasteiger partial charge in [0.2, 0.25) is 0 Å².